The van der Waals surface area contributed by atoms with Crippen LogP contribution in [-0.2, 0) is 17.9 Å². The zero-order valence-corrected chi connectivity index (χ0v) is 33.6. The van der Waals surface area contributed by atoms with E-state index in [1.54, 1.807) is 18.2 Å². The first-order valence-corrected chi connectivity index (χ1v) is 20.2. The van der Waals surface area contributed by atoms with Crippen molar-refractivity contribution < 1.29 is 23.4 Å². The normalized spacial score (nSPS) is 19.1. The highest BCUT2D eigenvalue weighted by Crippen LogP contribution is 2.42. The van der Waals surface area contributed by atoms with Crippen molar-refractivity contribution in [1.29, 1.82) is 10.5 Å². The van der Waals surface area contributed by atoms with Crippen molar-refractivity contribution in [1.82, 2.24) is 15.5 Å². The number of nitriles is 2. The smallest absolute Gasteiger partial charge is 0.220 e. The Morgan fingerprint density at radius 3 is 2.49 bits per heavy atom. The number of hydrogen-bond donors (Lipinski definition) is 2. The van der Waals surface area contributed by atoms with Crippen LogP contribution in [0.4, 0.5) is 4.39 Å². The lowest BCUT2D eigenvalue weighted by Gasteiger charge is -2.28. The van der Waals surface area contributed by atoms with Crippen LogP contribution < -0.4 is 24.8 Å². The van der Waals surface area contributed by atoms with Crippen LogP contribution in [0.25, 0.3) is 5.57 Å². The number of likely N-dealkylation sites (tertiary alicyclic amines) is 1. The van der Waals surface area contributed by atoms with Crippen molar-refractivity contribution in [3.63, 3.8) is 0 Å². The molecule has 3 aromatic rings. The highest BCUT2D eigenvalue weighted by molar-refractivity contribution is 6.32. The minimum absolute atomic E-state index is 0.0527. The van der Waals surface area contributed by atoms with Gasteiger partial charge in [0.1, 0.15) is 36.1 Å². The van der Waals surface area contributed by atoms with Crippen LogP contribution in [0.15, 0.2) is 78.4 Å². The number of allylic oxidation sites excluding steroid dienone is 4. The van der Waals surface area contributed by atoms with E-state index in [9.17, 15) is 19.7 Å². The van der Waals surface area contributed by atoms with Gasteiger partial charge in [0.25, 0.3) is 0 Å². The predicted molar refractivity (Wildman–Crippen MR) is 221 cm³/mol. The molecule has 11 heteroatoms. The standard InChI is InChI=1S/C46H51ClFN5O4/c1-4-7-40(38-8-5-9-42(30(38)2)55-19-6-16-53-17-14-36(48)15-18-53)39-11-12-43(31(39)3)57-45-24-44(56-29-34-21-32(25-49)20-33(22-34)26-50)35(23-41(45)47)27-51-37-10-13-46(54)52-28-37/h4-5,7-9,20-24,36-37,43,51H,1,6,10-19,27-29H2,2-3H3,(H,52,54)/b40-7-/t37-,43+/m1/s1. The molecule has 57 heavy (non-hydrogen) atoms. The molecule has 0 aromatic heterocycles. The summed E-state index contributed by atoms with van der Waals surface area (Å²) >= 11 is 6.94. The maximum atomic E-state index is 13.6. The zero-order valence-electron chi connectivity index (χ0n) is 32.8. The Labute approximate surface area is 340 Å². The molecule has 0 bridgehead atoms. The summed E-state index contributed by atoms with van der Waals surface area (Å²) in [5.41, 5.74) is 7.79. The fourth-order valence-electron chi connectivity index (χ4n) is 7.83. The summed E-state index contributed by atoms with van der Waals surface area (Å²) in [5.74, 6) is 1.95. The summed E-state index contributed by atoms with van der Waals surface area (Å²) in [6.07, 6.45) is 7.83. The second-order valence-electron chi connectivity index (χ2n) is 15.0. The highest BCUT2D eigenvalue weighted by Gasteiger charge is 2.29. The fraction of sp³-hybridized carbons (Fsp3) is 0.413. The average molecular weight is 792 g/mol. The second-order valence-corrected chi connectivity index (χ2v) is 15.4. The third-order valence-corrected chi connectivity index (χ3v) is 11.4. The van der Waals surface area contributed by atoms with Crippen LogP contribution in [0.1, 0.15) is 85.3 Å². The van der Waals surface area contributed by atoms with Crippen LogP contribution in [0.5, 0.6) is 17.2 Å². The number of hydrogen-bond acceptors (Lipinski definition) is 8. The first kappa shape index (κ1) is 41.5. The number of halogens is 2. The van der Waals surface area contributed by atoms with Gasteiger partial charge in [0.05, 0.1) is 34.9 Å². The summed E-state index contributed by atoms with van der Waals surface area (Å²) in [6.45, 7) is 12.4. The van der Waals surface area contributed by atoms with Gasteiger partial charge in [0.15, 0.2) is 0 Å². The number of benzene rings is 3. The van der Waals surface area contributed by atoms with Gasteiger partial charge in [0, 0.05) is 56.8 Å². The van der Waals surface area contributed by atoms with Crippen molar-refractivity contribution in [3.8, 4) is 29.4 Å². The molecule has 3 aliphatic rings. The van der Waals surface area contributed by atoms with E-state index in [1.807, 2.05) is 30.3 Å². The van der Waals surface area contributed by atoms with E-state index in [0.717, 1.165) is 78.9 Å². The van der Waals surface area contributed by atoms with Crippen LogP contribution in [0.3, 0.4) is 0 Å². The predicted octanol–water partition coefficient (Wildman–Crippen LogP) is 8.67. The number of nitrogens with zero attached hydrogens (tertiary/aromatic N) is 3. The molecular formula is C46H51ClFN5O4. The Morgan fingerprint density at radius 2 is 1.79 bits per heavy atom. The molecule has 3 aromatic carbocycles. The SMILES string of the molecule is C=C/C=C(\C1=C(C)[C@@H](Oc2cc(OCc3cc(C#N)cc(C#N)c3)c(CN[C@@H]3CCC(=O)NC3)cc2Cl)CC1)c1cccc(OCCCN2CCC(F)CC2)c1C. The molecule has 2 heterocycles. The number of nitrogens with one attached hydrogen (secondary N) is 2. The van der Waals surface area contributed by atoms with Gasteiger partial charge in [-0.1, -0.05) is 42.5 Å². The third kappa shape index (κ3) is 10.8. The molecule has 298 valence electrons. The van der Waals surface area contributed by atoms with Crippen LogP contribution >= 0.6 is 11.6 Å². The lowest BCUT2D eigenvalue weighted by atomic mass is 9.91. The Hall–Kier alpha value is -5.13. The lowest BCUT2D eigenvalue weighted by Crippen LogP contribution is -2.45. The van der Waals surface area contributed by atoms with Crippen molar-refractivity contribution in [2.75, 3.05) is 32.8 Å². The van der Waals surface area contributed by atoms with Gasteiger partial charge in [-0.05, 0) is 116 Å². The molecule has 2 atom stereocenters. The van der Waals surface area contributed by atoms with Gasteiger partial charge in [0.2, 0.25) is 5.91 Å². The van der Waals surface area contributed by atoms with Gasteiger partial charge in [-0.25, -0.2) is 4.39 Å². The number of piperidine rings is 2. The number of carbonyl (C=O) groups is 1. The molecule has 0 spiro atoms. The molecule has 1 aliphatic carbocycles. The summed E-state index contributed by atoms with van der Waals surface area (Å²) in [7, 11) is 0. The van der Waals surface area contributed by atoms with Crippen molar-refractivity contribution in [3.05, 3.63) is 117 Å². The number of carbonyl (C=O) groups excluding carboxylic acids is 1. The van der Waals surface area contributed by atoms with Crippen LogP contribution in [0.2, 0.25) is 5.02 Å². The van der Waals surface area contributed by atoms with Crippen molar-refractivity contribution in [2.45, 2.75) is 90.3 Å². The van der Waals surface area contributed by atoms with E-state index in [4.69, 9.17) is 25.8 Å². The fourth-order valence-corrected chi connectivity index (χ4v) is 8.06. The Kier molecular flexibility index (Phi) is 14.4. The van der Waals surface area contributed by atoms with Gasteiger partial charge >= 0.3 is 0 Å². The van der Waals surface area contributed by atoms with Crippen molar-refractivity contribution >= 4 is 23.1 Å². The number of alkyl halides is 1. The molecule has 0 saturated carbocycles. The summed E-state index contributed by atoms with van der Waals surface area (Å²) in [6, 6.07) is 19.1. The molecule has 6 rings (SSSR count). The Bertz CT molecular complexity index is 2050. The topological polar surface area (TPSA) is 120 Å². The molecule has 2 aliphatic heterocycles. The van der Waals surface area contributed by atoms with Gasteiger partial charge < -0.3 is 29.7 Å². The van der Waals surface area contributed by atoms with Gasteiger partial charge in [-0.2, -0.15) is 10.5 Å². The maximum Gasteiger partial charge on any atom is 0.220 e. The minimum Gasteiger partial charge on any atom is -0.493 e. The van der Waals surface area contributed by atoms with E-state index in [2.05, 4.69) is 60.2 Å². The molecule has 2 N–H and O–H groups in total. The molecule has 1 amide bonds. The summed E-state index contributed by atoms with van der Waals surface area (Å²) in [4.78, 5) is 14.0. The van der Waals surface area contributed by atoms with Crippen LogP contribution in [0, 0.1) is 29.6 Å². The molecule has 0 radical (unpaired) electrons. The van der Waals surface area contributed by atoms with E-state index in [-0.39, 0.29) is 24.7 Å². The molecule has 2 fully saturated rings. The lowest BCUT2D eigenvalue weighted by molar-refractivity contribution is -0.122. The minimum atomic E-state index is -0.668. The first-order valence-electron chi connectivity index (χ1n) is 19.8. The van der Waals surface area contributed by atoms with Crippen LogP contribution in [-0.4, -0.2) is 61.9 Å². The Balaban J connectivity index is 1.19. The van der Waals surface area contributed by atoms with Crippen molar-refractivity contribution in [2.24, 2.45) is 0 Å². The summed E-state index contributed by atoms with van der Waals surface area (Å²) in [5, 5.41) is 25.9. The first-order chi connectivity index (χ1) is 27.6. The largest absolute Gasteiger partial charge is 0.493 e. The molecule has 2 saturated heterocycles. The highest BCUT2D eigenvalue weighted by atomic mass is 35.5. The summed E-state index contributed by atoms with van der Waals surface area (Å²) < 4.78 is 32.9. The average Bonchev–Trinajstić information content (AvgIpc) is 3.58. The molecule has 9 nitrogen and oxygen atoms in total. The number of ether oxygens (including phenoxy) is 3. The van der Waals surface area contributed by atoms with Gasteiger partial charge in [-0.3, -0.25) is 4.79 Å². The van der Waals surface area contributed by atoms with E-state index >= 15 is 0 Å². The number of rotatable bonds is 16. The quantitative estimate of drug-likeness (QED) is 0.109. The molecule has 0 unspecified atom stereocenters. The van der Waals surface area contributed by atoms with Gasteiger partial charge in [-0.15, -0.1) is 0 Å². The monoisotopic (exact) mass is 791 g/mol. The van der Waals surface area contributed by atoms with E-state index < -0.39 is 6.17 Å². The van der Waals surface area contributed by atoms with E-state index in [1.165, 1.54) is 5.57 Å². The zero-order chi connectivity index (χ0) is 40.3. The van der Waals surface area contributed by atoms with E-state index in [0.29, 0.717) is 72.2 Å². The number of amides is 1. The molecular weight excluding hydrogens is 741 g/mol. The third-order valence-electron chi connectivity index (χ3n) is 11.1. The maximum absolute atomic E-state index is 13.6. The second kappa shape index (κ2) is 19.8. The Morgan fingerprint density at radius 1 is 1.02 bits per heavy atom.